The van der Waals surface area contributed by atoms with Crippen molar-refractivity contribution in [1.29, 1.82) is 0 Å². The minimum Gasteiger partial charge on any atom is -0.497 e. The Morgan fingerprint density at radius 3 is 2.42 bits per heavy atom. The Morgan fingerprint density at radius 2 is 1.70 bits per heavy atom. The number of likely N-dealkylation sites (tertiary alicyclic amines) is 1. The molecule has 0 bridgehead atoms. The number of benzene rings is 3. The summed E-state index contributed by atoms with van der Waals surface area (Å²) in [5.74, 6) is 1.47. The summed E-state index contributed by atoms with van der Waals surface area (Å²) in [7, 11) is 3.87. The van der Waals surface area contributed by atoms with Crippen LogP contribution in [0.25, 0.3) is 22.1 Å². The molecule has 3 aromatic carbocycles. The molecule has 0 spiro atoms. The average Bonchev–Trinajstić information content (AvgIpc) is 2.99. The third-order valence-electron chi connectivity index (χ3n) is 7.82. The number of halogens is 1. The Morgan fingerprint density at radius 1 is 0.975 bits per heavy atom. The molecule has 6 nitrogen and oxygen atoms in total. The number of hydrogen-bond donors (Lipinski definition) is 0. The minimum atomic E-state index is -0.0554. The van der Waals surface area contributed by atoms with Gasteiger partial charge in [0, 0.05) is 23.1 Å². The molecule has 210 valence electrons. The van der Waals surface area contributed by atoms with Gasteiger partial charge in [0.2, 0.25) is 0 Å². The standard InChI is InChI=1S/C33H37BrN2O4/c1-35(27-15-18-36(19-16-27)22-24-5-9-26(34)10-6-24)17-3-4-20-39-29-13-14-30-32(21-29)40-23-31(33(30)37)25-7-11-28(38-2)12-8-25/h5-14,21,23,27H,3-4,15-20,22H2,1-2H3. The number of nitrogens with zero attached hydrogens (tertiary/aromatic N) is 2. The molecule has 40 heavy (non-hydrogen) atoms. The summed E-state index contributed by atoms with van der Waals surface area (Å²) in [4.78, 5) is 18.1. The van der Waals surface area contributed by atoms with E-state index in [1.54, 1.807) is 13.2 Å². The van der Waals surface area contributed by atoms with E-state index >= 15 is 0 Å². The molecule has 7 heteroatoms. The molecular formula is C33H37BrN2O4. The largest absolute Gasteiger partial charge is 0.497 e. The van der Waals surface area contributed by atoms with Crippen LogP contribution in [0.5, 0.6) is 11.5 Å². The molecule has 1 aliphatic rings. The van der Waals surface area contributed by atoms with Gasteiger partial charge in [-0.15, -0.1) is 0 Å². The van der Waals surface area contributed by atoms with Gasteiger partial charge >= 0.3 is 0 Å². The van der Waals surface area contributed by atoms with Crippen LogP contribution in [-0.4, -0.2) is 56.2 Å². The predicted octanol–water partition coefficient (Wildman–Crippen LogP) is 6.99. The summed E-state index contributed by atoms with van der Waals surface area (Å²) < 4.78 is 18.2. The molecule has 0 atom stereocenters. The second-order valence-corrected chi connectivity index (χ2v) is 11.5. The van der Waals surface area contributed by atoms with Crippen LogP contribution in [0.1, 0.15) is 31.2 Å². The van der Waals surface area contributed by atoms with Crippen LogP contribution >= 0.6 is 15.9 Å². The number of hydrogen-bond acceptors (Lipinski definition) is 6. The third kappa shape index (κ3) is 7.14. The van der Waals surface area contributed by atoms with Crippen LogP contribution in [0.15, 0.2) is 86.7 Å². The van der Waals surface area contributed by atoms with Crippen LogP contribution in [0.2, 0.25) is 0 Å². The highest BCUT2D eigenvalue weighted by Gasteiger charge is 2.22. The van der Waals surface area contributed by atoms with Crippen LogP contribution in [0, 0.1) is 0 Å². The monoisotopic (exact) mass is 604 g/mol. The first-order valence-corrected chi connectivity index (χ1v) is 14.8. The van der Waals surface area contributed by atoms with Crippen molar-refractivity contribution >= 4 is 26.9 Å². The SMILES string of the molecule is COc1ccc(-c2coc3cc(OCCCCN(C)C4CCN(Cc5ccc(Br)cc5)CC4)ccc3c2=O)cc1. The third-order valence-corrected chi connectivity index (χ3v) is 8.35. The maximum Gasteiger partial charge on any atom is 0.200 e. The minimum absolute atomic E-state index is 0.0554. The van der Waals surface area contributed by atoms with Crippen LogP contribution < -0.4 is 14.9 Å². The molecule has 1 aromatic heterocycles. The summed E-state index contributed by atoms with van der Waals surface area (Å²) in [5.41, 5.74) is 3.18. The summed E-state index contributed by atoms with van der Waals surface area (Å²) in [6, 6.07) is 22.2. The van der Waals surface area contributed by atoms with E-state index in [1.807, 2.05) is 36.4 Å². The maximum atomic E-state index is 13.1. The summed E-state index contributed by atoms with van der Waals surface area (Å²) in [5, 5.41) is 0.546. The van der Waals surface area contributed by atoms with Gasteiger partial charge in [0.25, 0.3) is 0 Å². The number of rotatable bonds is 11. The fourth-order valence-corrected chi connectivity index (χ4v) is 5.63. The van der Waals surface area contributed by atoms with Crippen molar-refractivity contribution in [3.8, 4) is 22.6 Å². The molecular weight excluding hydrogens is 568 g/mol. The smallest absolute Gasteiger partial charge is 0.200 e. The Kier molecular flexibility index (Phi) is 9.57. The lowest BCUT2D eigenvalue weighted by Crippen LogP contribution is -2.43. The number of methoxy groups -OCH3 is 1. The van der Waals surface area contributed by atoms with Crippen molar-refractivity contribution in [2.75, 3.05) is 40.4 Å². The molecule has 1 aliphatic heterocycles. The van der Waals surface area contributed by atoms with E-state index in [0.717, 1.165) is 60.6 Å². The summed E-state index contributed by atoms with van der Waals surface area (Å²) in [6.45, 7) is 5.03. The lowest BCUT2D eigenvalue weighted by atomic mass is 10.0. The lowest BCUT2D eigenvalue weighted by Gasteiger charge is -2.36. The molecule has 1 fully saturated rings. The quantitative estimate of drug-likeness (QED) is 0.172. The zero-order chi connectivity index (χ0) is 27.9. The first-order valence-electron chi connectivity index (χ1n) is 14.0. The van der Waals surface area contributed by atoms with Crippen molar-refractivity contribution in [3.05, 3.63) is 93.3 Å². The topological polar surface area (TPSA) is 55.2 Å². The van der Waals surface area contributed by atoms with Gasteiger partial charge in [0.15, 0.2) is 5.43 Å². The lowest BCUT2D eigenvalue weighted by molar-refractivity contribution is 0.121. The first kappa shape index (κ1) is 28.4. The second-order valence-electron chi connectivity index (χ2n) is 10.5. The normalized spacial score (nSPS) is 14.6. The molecule has 5 rings (SSSR count). The highest BCUT2D eigenvalue weighted by molar-refractivity contribution is 9.10. The molecule has 1 saturated heterocycles. The maximum absolute atomic E-state index is 13.1. The van der Waals surface area contributed by atoms with Crippen LogP contribution in [0.3, 0.4) is 0 Å². The van der Waals surface area contributed by atoms with Gasteiger partial charge in [-0.25, -0.2) is 0 Å². The van der Waals surface area contributed by atoms with Gasteiger partial charge in [0.1, 0.15) is 23.3 Å². The van der Waals surface area contributed by atoms with E-state index in [-0.39, 0.29) is 5.43 Å². The van der Waals surface area contributed by atoms with Crippen molar-refractivity contribution in [2.45, 2.75) is 38.3 Å². The van der Waals surface area contributed by atoms with Gasteiger partial charge in [0.05, 0.1) is 24.7 Å². The zero-order valence-corrected chi connectivity index (χ0v) is 24.9. The first-order chi connectivity index (χ1) is 19.5. The Labute approximate surface area is 244 Å². The Balaban J connectivity index is 1.05. The van der Waals surface area contributed by atoms with E-state index in [4.69, 9.17) is 13.9 Å². The van der Waals surface area contributed by atoms with Crippen molar-refractivity contribution < 1.29 is 13.9 Å². The van der Waals surface area contributed by atoms with Gasteiger partial charge in [-0.05, 0) is 99.9 Å². The predicted molar refractivity (Wildman–Crippen MR) is 164 cm³/mol. The highest BCUT2D eigenvalue weighted by Crippen LogP contribution is 2.25. The number of fused-ring (bicyclic) bond motifs is 1. The molecule has 0 saturated carbocycles. The number of piperidine rings is 1. The molecule has 4 aromatic rings. The zero-order valence-electron chi connectivity index (χ0n) is 23.3. The second kappa shape index (κ2) is 13.5. The van der Waals surface area contributed by atoms with Crippen molar-refractivity contribution in [3.63, 3.8) is 0 Å². The van der Waals surface area contributed by atoms with Gasteiger partial charge in [-0.2, -0.15) is 0 Å². The fraction of sp³-hybridized carbons (Fsp3) is 0.364. The number of ether oxygens (including phenoxy) is 2. The van der Waals surface area contributed by atoms with Crippen LogP contribution in [-0.2, 0) is 6.54 Å². The Hall–Kier alpha value is -3.13. The summed E-state index contributed by atoms with van der Waals surface area (Å²) in [6.07, 6.45) is 6.02. The average molecular weight is 606 g/mol. The molecule has 0 N–H and O–H groups in total. The van der Waals surface area contributed by atoms with Crippen molar-refractivity contribution in [1.82, 2.24) is 9.80 Å². The van der Waals surface area contributed by atoms with Gasteiger partial charge < -0.3 is 18.8 Å². The molecule has 0 radical (unpaired) electrons. The van der Waals surface area contributed by atoms with E-state index in [1.165, 1.54) is 24.7 Å². The van der Waals surface area contributed by atoms with Crippen LogP contribution in [0.4, 0.5) is 0 Å². The van der Waals surface area contributed by atoms with E-state index in [0.29, 0.717) is 29.2 Å². The summed E-state index contributed by atoms with van der Waals surface area (Å²) >= 11 is 3.52. The molecule has 0 unspecified atom stereocenters. The van der Waals surface area contributed by atoms with Crippen molar-refractivity contribution in [2.24, 2.45) is 0 Å². The van der Waals surface area contributed by atoms with E-state index < -0.39 is 0 Å². The molecule has 2 heterocycles. The van der Waals surface area contributed by atoms with Gasteiger partial charge in [-0.3, -0.25) is 9.69 Å². The fourth-order valence-electron chi connectivity index (χ4n) is 5.37. The van der Waals surface area contributed by atoms with E-state index in [9.17, 15) is 4.79 Å². The Bertz CT molecular complexity index is 1440. The molecule has 0 aliphatic carbocycles. The van der Waals surface area contributed by atoms with E-state index in [2.05, 4.69) is 57.0 Å². The molecule has 0 amide bonds. The number of unbranched alkanes of at least 4 members (excludes halogenated alkanes) is 1. The van der Waals surface area contributed by atoms with Gasteiger partial charge in [-0.1, -0.05) is 40.2 Å². The highest BCUT2D eigenvalue weighted by atomic mass is 79.9.